The number of amides is 1. The molecule has 2 aliphatic heterocycles. The minimum absolute atomic E-state index is 0.116. The third kappa shape index (κ3) is 1.97. The summed E-state index contributed by atoms with van der Waals surface area (Å²) in [5, 5.41) is 29.0. The maximum atomic E-state index is 12.1. The number of carbonyl (C=O) groups is 2. The number of fused-ring (bicyclic) bond motifs is 1. The Morgan fingerprint density at radius 2 is 1.95 bits per heavy atom. The molecular formula is C13H12ClNO6. The molecule has 1 aromatic rings. The maximum absolute atomic E-state index is 12.1. The highest BCUT2D eigenvalue weighted by Gasteiger charge is 2.51. The van der Waals surface area contributed by atoms with Crippen LogP contribution < -0.4 is 4.90 Å². The molecule has 0 aliphatic carbocycles. The molecule has 1 aromatic carbocycles. The summed E-state index contributed by atoms with van der Waals surface area (Å²) in [5.74, 6) is -1.65. The van der Waals surface area contributed by atoms with Gasteiger partial charge in [-0.2, -0.15) is 0 Å². The second kappa shape index (κ2) is 5.04. The molecule has 0 unspecified atom stereocenters. The van der Waals surface area contributed by atoms with Gasteiger partial charge in [-0.1, -0.05) is 17.7 Å². The Hall–Kier alpha value is -1.51. The van der Waals surface area contributed by atoms with Gasteiger partial charge in [0.25, 0.3) is 5.78 Å². The molecule has 112 valence electrons. The van der Waals surface area contributed by atoms with Crippen LogP contribution in [0.2, 0.25) is 5.02 Å². The number of nitrogens with zero attached hydrogens (tertiary/aromatic N) is 1. The number of aliphatic hydroxyl groups excluding tert-OH is 3. The van der Waals surface area contributed by atoms with E-state index in [9.17, 15) is 19.8 Å². The van der Waals surface area contributed by atoms with Crippen molar-refractivity contribution in [3.05, 3.63) is 28.8 Å². The first-order valence-corrected chi connectivity index (χ1v) is 6.64. The van der Waals surface area contributed by atoms with Gasteiger partial charge in [-0.15, -0.1) is 0 Å². The smallest absolute Gasteiger partial charge is 0.301 e. The normalized spacial score (nSPS) is 31.9. The first-order valence-electron chi connectivity index (χ1n) is 6.26. The van der Waals surface area contributed by atoms with Crippen molar-refractivity contribution in [2.24, 2.45) is 0 Å². The fraction of sp³-hybridized carbons (Fsp3) is 0.385. The van der Waals surface area contributed by atoms with Crippen molar-refractivity contribution in [1.82, 2.24) is 0 Å². The monoisotopic (exact) mass is 313 g/mol. The maximum Gasteiger partial charge on any atom is 0.301 e. The highest BCUT2D eigenvalue weighted by molar-refractivity contribution is 6.54. The summed E-state index contributed by atoms with van der Waals surface area (Å²) in [5.41, 5.74) is 0.259. The van der Waals surface area contributed by atoms with Crippen molar-refractivity contribution in [2.45, 2.75) is 24.5 Å². The van der Waals surface area contributed by atoms with Crippen molar-refractivity contribution < 1.29 is 29.6 Å². The Bertz CT molecular complexity index is 621. The van der Waals surface area contributed by atoms with Crippen molar-refractivity contribution in [1.29, 1.82) is 0 Å². The van der Waals surface area contributed by atoms with Crippen LogP contribution in [0, 0.1) is 0 Å². The largest absolute Gasteiger partial charge is 0.394 e. The average Bonchev–Trinajstić information content (AvgIpc) is 2.89. The van der Waals surface area contributed by atoms with E-state index in [0.29, 0.717) is 0 Å². The second-order valence-electron chi connectivity index (χ2n) is 4.87. The predicted octanol–water partition coefficient (Wildman–Crippen LogP) is -0.692. The van der Waals surface area contributed by atoms with Gasteiger partial charge in [0.05, 0.1) is 22.9 Å². The summed E-state index contributed by atoms with van der Waals surface area (Å²) in [6.45, 7) is -0.528. The van der Waals surface area contributed by atoms with Gasteiger partial charge in [0, 0.05) is 0 Å². The number of hydrogen-bond donors (Lipinski definition) is 3. The Kier molecular flexibility index (Phi) is 3.46. The molecule has 1 fully saturated rings. The van der Waals surface area contributed by atoms with Crippen LogP contribution in [0.4, 0.5) is 5.69 Å². The van der Waals surface area contributed by atoms with E-state index < -0.39 is 42.8 Å². The van der Waals surface area contributed by atoms with E-state index in [0.717, 1.165) is 4.90 Å². The molecule has 21 heavy (non-hydrogen) atoms. The minimum Gasteiger partial charge on any atom is -0.394 e. The summed E-state index contributed by atoms with van der Waals surface area (Å²) in [6, 6.07) is 4.48. The molecule has 0 radical (unpaired) electrons. The van der Waals surface area contributed by atoms with E-state index in [1.54, 1.807) is 0 Å². The second-order valence-corrected chi connectivity index (χ2v) is 5.28. The van der Waals surface area contributed by atoms with Gasteiger partial charge in [0.1, 0.15) is 18.3 Å². The quantitative estimate of drug-likeness (QED) is 0.624. The Morgan fingerprint density at radius 1 is 1.24 bits per heavy atom. The van der Waals surface area contributed by atoms with Gasteiger partial charge < -0.3 is 20.1 Å². The van der Waals surface area contributed by atoms with Gasteiger partial charge in [-0.3, -0.25) is 14.5 Å². The summed E-state index contributed by atoms with van der Waals surface area (Å²) >= 11 is 6.03. The van der Waals surface area contributed by atoms with Crippen molar-refractivity contribution in [2.75, 3.05) is 11.5 Å². The van der Waals surface area contributed by atoms with Crippen molar-refractivity contribution >= 4 is 29.0 Å². The summed E-state index contributed by atoms with van der Waals surface area (Å²) in [4.78, 5) is 25.0. The molecule has 0 aromatic heterocycles. The molecule has 1 amide bonds. The van der Waals surface area contributed by atoms with Crippen LogP contribution in [-0.2, 0) is 9.53 Å². The lowest BCUT2D eigenvalue weighted by atomic mass is 10.1. The molecule has 3 rings (SSSR count). The van der Waals surface area contributed by atoms with E-state index in [2.05, 4.69) is 0 Å². The van der Waals surface area contributed by atoms with Gasteiger partial charge in [-0.05, 0) is 12.1 Å². The minimum atomic E-state index is -1.46. The number of carbonyl (C=O) groups excluding carboxylic acids is 2. The van der Waals surface area contributed by atoms with Gasteiger partial charge in [0.2, 0.25) is 0 Å². The van der Waals surface area contributed by atoms with E-state index in [-0.39, 0.29) is 16.3 Å². The van der Waals surface area contributed by atoms with Crippen LogP contribution in [0.1, 0.15) is 10.4 Å². The number of anilines is 1. The van der Waals surface area contributed by atoms with Crippen molar-refractivity contribution in [3.63, 3.8) is 0 Å². The number of ether oxygens (including phenoxy) is 1. The molecule has 0 bridgehead atoms. The van der Waals surface area contributed by atoms with Crippen molar-refractivity contribution in [3.8, 4) is 0 Å². The number of para-hydroxylation sites is 1. The molecule has 8 heteroatoms. The zero-order chi connectivity index (χ0) is 15.3. The Morgan fingerprint density at radius 3 is 2.57 bits per heavy atom. The summed E-state index contributed by atoms with van der Waals surface area (Å²) in [7, 11) is 0. The molecule has 3 N–H and O–H groups in total. The van der Waals surface area contributed by atoms with Crippen LogP contribution in [0.5, 0.6) is 0 Å². The number of halogens is 1. The number of rotatable bonds is 2. The van der Waals surface area contributed by atoms with E-state index in [1.165, 1.54) is 18.2 Å². The molecule has 0 spiro atoms. The molecule has 7 nitrogen and oxygen atoms in total. The summed E-state index contributed by atoms with van der Waals surface area (Å²) in [6.07, 6.45) is -5.15. The van der Waals surface area contributed by atoms with Crippen LogP contribution in [0.25, 0.3) is 0 Å². The number of hydrogen-bond acceptors (Lipinski definition) is 6. The topological polar surface area (TPSA) is 107 Å². The van der Waals surface area contributed by atoms with Gasteiger partial charge in [0.15, 0.2) is 6.23 Å². The molecule has 0 saturated carbocycles. The van der Waals surface area contributed by atoms with E-state index in [1.807, 2.05) is 0 Å². The van der Waals surface area contributed by atoms with Gasteiger partial charge >= 0.3 is 5.91 Å². The predicted molar refractivity (Wildman–Crippen MR) is 71.0 cm³/mol. The fourth-order valence-electron chi connectivity index (χ4n) is 2.61. The number of ketones is 1. The molecular weight excluding hydrogens is 302 g/mol. The van der Waals surface area contributed by atoms with Crippen LogP contribution in [0.3, 0.4) is 0 Å². The number of aliphatic hydroxyl groups is 3. The average molecular weight is 314 g/mol. The first-order chi connectivity index (χ1) is 9.97. The van der Waals surface area contributed by atoms with Gasteiger partial charge in [-0.25, -0.2) is 0 Å². The fourth-order valence-corrected chi connectivity index (χ4v) is 2.87. The highest BCUT2D eigenvalue weighted by atomic mass is 35.5. The standard InChI is InChI=1S/C13H12ClNO6/c14-6-3-1-2-5-8(6)15(12(20)9(5)17)13-11(19)10(18)7(4-16)21-13/h1-3,7,10-11,13,16,18-19H,4H2/t7-,10-,11-,13-/m1/s1. The first kappa shape index (κ1) is 14.4. The lowest BCUT2D eigenvalue weighted by Gasteiger charge is -2.26. The lowest BCUT2D eigenvalue weighted by Crippen LogP contribution is -2.47. The third-order valence-electron chi connectivity index (χ3n) is 3.66. The zero-order valence-electron chi connectivity index (χ0n) is 10.6. The lowest BCUT2D eigenvalue weighted by molar-refractivity contribution is -0.118. The van der Waals surface area contributed by atoms with Crippen LogP contribution >= 0.6 is 11.6 Å². The number of Topliss-reactive ketones (excluding diaryl/α,β-unsaturated/α-hetero) is 1. The molecule has 2 heterocycles. The highest BCUT2D eigenvalue weighted by Crippen LogP contribution is 2.39. The third-order valence-corrected chi connectivity index (χ3v) is 3.96. The van der Waals surface area contributed by atoms with Crippen LogP contribution in [0.15, 0.2) is 18.2 Å². The zero-order valence-corrected chi connectivity index (χ0v) is 11.4. The molecule has 2 aliphatic rings. The number of benzene rings is 1. The Labute approximate surface area is 124 Å². The van der Waals surface area contributed by atoms with E-state index >= 15 is 0 Å². The van der Waals surface area contributed by atoms with Crippen LogP contribution in [-0.4, -0.2) is 58.2 Å². The Balaban J connectivity index is 2.05. The molecule has 1 saturated heterocycles. The summed E-state index contributed by atoms with van der Waals surface area (Å²) < 4.78 is 5.29. The van der Waals surface area contributed by atoms with E-state index in [4.69, 9.17) is 21.4 Å². The SMILES string of the molecule is O=C1C(=O)N([C@@H]2O[C@H](CO)[C@@H](O)[C@H]2O)c2c(Cl)cccc21. The molecule has 4 atom stereocenters.